The molecule has 1 N–H and O–H groups in total. The molecule has 3 heterocycles. The maximum atomic E-state index is 12.5. The number of rotatable bonds is 2. The molecule has 1 amide bonds. The van der Waals surface area contributed by atoms with Gasteiger partial charge in [-0.3, -0.25) is 10.2 Å². The first kappa shape index (κ1) is 17.8. The lowest BCUT2D eigenvalue weighted by molar-refractivity contribution is -0.114. The molecule has 0 saturated carbocycles. The standard InChI is InChI=1S/C19H16ClN5OS/c1-10-8-13(11(2)24(10)15-6-4-14(20)5-7-15)9-16-17(21)25-19(22-18(16)26)27-12(3)23-25/h4-9,21H,1-3H3/b16-9+,21-17?. The highest BCUT2D eigenvalue weighted by molar-refractivity contribution is 8.26. The highest BCUT2D eigenvalue weighted by Crippen LogP contribution is 2.29. The zero-order chi connectivity index (χ0) is 19.3. The van der Waals surface area contributed by atoms with Crippen molar-refractivity contribution in [2.24, 2.45) is 10.1 Å². The van der Waals surface area contributed by atoms with Crippen LogP contribution in [0.25, 0.3) is 11.8 Å². The largest absolute Gasteiger partial charge is 0.318 e. The molecule has 0 fully saturated rings. The van der Waals surface area contributed by atoms with E-state index in [1.807, 2.05) is 51.1 Å². The van der Waals surface area contributed by atoms with Crippen LogP contribution in [0.3, 0.4) is 0 Å². The van der Waals surface area contributed by atoms with Gasteiger partial charge in [-0.25, -0.2) is 0 Å². The van der Waals surface area contributed by atoms with E-state index >= 15 is 0 Å². The Labute approximate surface area is 165 Å². The number of amidine groups is 2. The highest BCUT2D eigenvalue weighted by atomic mass is 35.5. The maximum Gasteiger partial charge on any atom is 0.283 e. The van der Waals surface area contributed by atoms with Gasteiger partial charge in [0.2, 0.25) is 5.17 Å². The lowest BCUT2D eigenvalue weighted by Crippen LogP contribution is -2.35. The summed E-state index contributed by atoms with van der Waals surface area (Å²) in [5.41, 5.74) is 4.07. The predicted octanol–water partition coefficient (Wildman–Crippen LogP) is 4.39. The number of nitrogens with one attached hydrogen (secondary N) is 1. The predicted molar refractivity (Wildman–Crippen MR) is 111 cm³/mol. The number of thioether (sulfide) groups is 1. The van der Waals surface area contributed by atoms with E-state index in [9.17, 15) is 4.79 Å². The molecular formula is C19H16ClN5OS. The lowest BCUT2D eigenvalue weighted by Gasteiger charge is -2.20. The molecule has 27 heavy (non-hydrogen) atoms. The second-order valence-electron chi connectivity index (χ2n) is 6.28. The van der Waals surface area contributed by atoms with Crippen LogP contribution in [0.1, 0.15) is 23.9 Å². The topological polar surface area (TPSA) is 73.8 Å². The van der Waals surface area contributed by atoms with Crippen molar-refractivity contribution in [1.29, 1.82) is 5.41 Å². The number of benzene rings is 1. The number of nitrogens with zero attached hydrogens (tertiary/aromatic N) is 4. The molecule has 0 saturated heterocycles. The summed E-state index contributed by atoms with van der Waals surface area (Å²) in [5.74, 6) is -0.370. The fourth-order valence-electron chi connectivity index (χ4n) is 3.16. The van der Waals surface area contributed by atoms with E-state index in [0.717, 1.165) is 27.7 Å². The summed E-state index contributed by atoms with van der Waals surface area (Å²) < 4.78 is 2.09. The molecule has 0 spiro atoms. The number of amides is 1. The Hall–Kier alpha value is -2.64. The Balaban J connectivity index is 1.77. The molecule has 1 aromatic heterocycles. The Morgan fingerprint density at radius 3 is 2.59 bits per heavy atom. The van der Waals surface area contributed by atoms with Gasteiger partial charge in [-0.1, -0.05) is 11.6 Å². The molecule has 8 heteroatoms. The van der Waals surface area contributed by atoms with E-state index < -0.39 is 5.91 Å². The minimum absolute atomic E-state index is 0.0469. The van der Waals surface area contributed by atoms with Gasteiger partial charge in [-0.2, -0.15) is 15.1 Å². The molecule has 0 aliphatic carbocycles. The van der Waals surface area contributed by atoms with Gasteiger partial charge >= 0.3 is 0 Å². The number of aromatic nitrogens is 1. The highest BCUT2D eigenvalue weighted by Gasteiger charge is 2.34. The number of halogens is 1. The average Bonchev–Trinajstić information content (AvgIpc) is 3.12. The van der Waals surface area contributed by atoms with Gasteiger partial charge in [0, 0.05) is 22.1 Å². The molecule has 136 valence electrons. The van der Waals surface area contributed by atoms with Crippen molar-refractivity contribution in [2.75, 3.05) is 0 Å². The van der Waals surface area contributed by atoms with Crippen LogP contribution in [-0.2, 0) is 4.79 Å². The van der Waals surface area contributed by atoms with Gasteiger partial charge < -0.3 is 4.57 Å². The van der Waals surface area contributed by atoms with Crippen molar-refractivity contribution in [1.82, 2.24) is 9.58 Å². The van der Waals surface area contributed by atoms with Gasteiger partial charge in [-0.05, 0) is 74.5 Å². The third kappa shape index (κ3) is 3.02. The second-order valence-corrected chi connectivity index (χ2v) is 7.87. The van der Waals surface area contributed by atoms with E-state index in [1.165, 1.54) is 16.8 Å². The van der Waals surface area contributed by atoms with Crippen LogP contribution in [0.15, 0.2) is 46.0 Å². The van der Waals surface area contributed by atoms with Crippen LogP contribution in [0.2, 0.25) is 5.02 Å². The first-order chi connectivity index (χ1) is 12.8. The minimum Gasteiger partial charge on any atom is -0.318 e. The maximum absolute atomic E-state index is 12.5. The molecule has 0 bridgehead atoms. The Morgan fingerprint density at radius 1 is 1.19 bits per heavy atom. The van der Waals surface area contributed by atoms with Crippen LogP contribution in [0.5, 0.6) is 0 Å². The summed E-state index contributed by atoms with van der Waals surface area (Å²) >= 11 is 7.29. The zero-order valence-electron chi connectivity index (χ0n) is 14.9. The number of aliphatic imine (C=N–C) groups is 1. The molecule has 4 rings (SSSR count). The molecule has 6 nitrogen and oxygen atoms in total. The Bertz CT molecular complexity index is 1080. The third-order valence-electron chi connectivity index (χ3n) is 4.41. The number of carbonyl (C=O) groups excluding carboxylic acids is 1. The summed E-state index contributed by atoms with van der Waals surface area (Å²) in [6, 6.07) is 9.57. The first-order valence-corrected chi connectivity index (χ1v) is 9.46. The molecule has 1 aromatic carbocycles. The van der Waals surface area contributed by atoms with Gasteiger partial charge in [0.05, 0.1) is 10.6 Å². The average molecular weight is 398 g/mol. The zero-order valence-corrected chi connectivity index (χ0v) is 16.5. The number of fused-ring (bicyclic) bond motifs is 1. The molecule has 0 unspecified atom stereocenters. The number of hydrogen-bond donors (Lipinski definition) is 1. The van der Waals surface area contributed by atoms with Gasteiger partial charge in [0.25, 0.3) is 5.91 Å². The molecular weight excluding hydrogens is 382 g/mol. The number of aryl methyl sites for hydroxylation is 1. The monoisotopic (exact) mass is 397 g/mol. The van der Waals surface area contributed by atoms with Crippen LogP contribution in [-0.4, -0.2) is 31.5 Å². The summed E-state index contributed by atoms with van der Waals surface area (Å²) in [6.07, 6.45) is 1.72. The molecule has 2 aliphatic heterocycles. The Morgan fingerprint density at radius 2 is 1.89 bits per heavy atom. The third-order valence-corrected chi connectivity index (χ3v) is 5.49. The Kier molecular flexibility index (Phi) is 4.28. The van der Waals surface area contributed by atoms with Gasteiger partial charge in [0.15, 0.2) is 5.84 Å². The van der Waals surface area contributed by atoms with Gasteiger partial charge in [0.1, 0.15) is 0 Å². The SMILES string of the molecule is CC1=NN2C(=N)/C(=C\c3cc(C)n(-c4ccc(Cl)cc4)c3C)C(=O)N=C2S1. The fraction of sp³-hybridized carbons (Fsp3) is 0.158. The van der Waals surface area contributed by atoms with Crippen LogP contribution < -0.4 is 0 Å². The molecule has 2 aromatic rings. The number of hydrogen-bond acceptors (Lipinski definition) is 4. The smallest absolute Gasteiger partial charge is 0.283 e. The van der Waals surface area contributed by atoms with Crippen molar-refractivity contribution in [3.8, 4) is 5.69 Å². The van der Waals surface area contributed by atoms with Crippen molar-refractivity contribution in [3.05, 3.63) is 57.9 Å². The van der Waals surface area contributed by atoms with E-state index in [-0.39, 0.29) is 11.4 Å². The summed E-state index contributed by atoms with van der Waals surface area (Å²) in [4.78, 5) is 16.5. The van der Waals surface area contributed by atoms with Crippen molar-refractivity contribution in [3.63, 3.8) is 0 Å². The van der Waals surface area contributed by atoms with Crippen LogP contribution >= 0.6 is 23.4 Å². The van der Waals surface area contributed by atoms with Gasteiger partial charge in [-0.15, -0.1) is 0 Å². The van der Waals surface area contributed by atoms with E-state index in [1.54, 1.807) is 6.08 Å². The molecule has 0 radical (unpaired) electrons. The summed E-state index contributed by atoms with van der Waals surface area (Å²) in [6.45, 7) is 5.80. The molecule has 0 atom stereocenters. The summed E-state index contributed by atoms with van der Waals surface area (Å²) in [7, 11) is 0. The molecule has 2 aliphatic rings. The fourth-order valence-corrected chi connectivity index (χ4v) is 4.02. The van der Waals surface area contributed by atoms with E-state index in [0.29, 0.717) is 10.2 Å². The van der Waals surface area contributed by atoms with E-state index in [4.69, 9.17) is 17.0 Å². The van der Waals surface area contributed by atoms with Crippen molar-refractivity contribution >= 4 is 51.4 Å². The van der Waals surface area contributed by atoms with Crippen molar-refractivity contribution < 1.29 is 4.79 Å². The quantitative estimate of drug-likeness (QED) is 0.764. The van der Waals surface area contributed by atoms with Crippen LogP contribution in [0, 0.1) is 19.3 Å². The lowest BCUT2D eigenvalue weighted by atomic mass is 10.1. The van der Waals surface area contributed by atoms with E-state index in [2.05, 4.69) is 14.7 Å². The number of hydrazone groups is 1. The second kappa shape index (κ2) is 6.51. The minimum atomic E-state index is -0.417. The number of carbonyl (C=O) groups is 1. The first-order valence-electron chi connectivity index (χ1n) is 8.27. The van der Waals surface area contributed by atoms with Crippen LogP contribution in [0.4, 0.5) is 0 Å². The van der Waals surface area contributed by atoms with Crippen molar-refractivity contribution in [2.45, 2.75) is 20.8 Å². The summed E-state index contributed by atoms with van der Waals surface area (Å²) in [5, 5.41) is 15.9. The normalized spacial score (nSPS) is 18.1.